The summed E-state index contributed by atoms with van der Waals surface area (Å²) in [6.07, 6.45) is 4.61. The summed E-state index contributed by atoms with van der Waals surface area (Å²) in [6, 6.07) is 7.23. The average molecular weight is 234 g/mol. The Morgan fingerprint density at radius 1 is 1.56 bits per heavy atom. The second-order valence-corrected chi connectivity index (χ2v) is 5.58. The molecular formula is C13H18N2S. The molecule has 0 bridgehead atoms. The number of nitriles is 1. The van der Waals surface area contributed by atoms with Gasteiger partial charge in [0.2, 0.25) is 0 Å². The summed E-state index contributed by atoms with van der Waals surface area (Å²) in [5.41, 5.74) is 0. The second kappa shape index (κ2) is 5.47. The van der Waals surface area contributed by atoms with Gasteiger partial charge in [0, 0.05) is 17.5 Å². The zero-order valence-electron chi connectivity index (χ0n) is 9.72. The molecule has 86 valence electrons. The van der Waals surface area contributed by atoms with E-state index in [2.05, 4.69) is 35.5 Å². The van der Waals surface area contributed by atoms with Crippen molar-refractivity contribution in [1.82, 2.24) is 4.90 Å². The maximum absolute atomic E-state index is 9.06. The zero-order chi connectivity index (χ0) is 11.4. The van der Waals surface area contributed by atoms with E-state index in [1.165, 1.54) is 17.7 Å². The third-order valence-electron chi connectivity index (χ3n) is 3.50. The Morgan fingerprint density at radius 2 is 2.44 bits per heavy atom. The van der Waals surface area contributed by atoms with Crippen LogP contribution in [0.4, 0.5) is 0 Å². The highest BCUT2D eigenvalue weighted by Gasteiger charge is 2.29. The molecule has 2 atom stereocenters. The van der Waals surface area contributed by atoms with Gasteiger partial charge < -0.3 is 4.90 Å². The predicted molar refractivity (Wildman–Crippen MR) is 67.4 cm³/mol. The lowest BCUT2D eigenvalue weighted by Gasteiger charge is -2.26. The van der Waals surface area contributed by atoms with Gasteiger partial charge in [-0.2, -0.15) is 5.26 Å². The number of nitrogens with zero attached hydrogens (tertiary/aromatic N) is 2. The Labute approximate surface area is 102 Å². The van der Waals surface area contributed by atoms with Gasteiger partial charge in [0.15, 0.2) is 0 Å². The fraction of sp³-hybridized carbons (Fsp3) is 0.615. The fourth-order valence-electron chi connectivity index (χ4n) is 2.53. The van der Waals surface area contributed by atoms with Crippen LogP contribution in [0.5, 0.6) is 0 Å². The first kappa shape index (κ1) is 11.6. The van der Waals surface area contributed by atoms with Crippen LogP contribution in [0, 0.1) is 17.2 Å². The van der Waals surface area contributed by atoms with E-state index in [4.69, 9.17) is 5.26 Å². The first-order valence-corrected chi connectivity index (χ1v) is 6.81. The molecule has 2 unspecified atom stereocenters. The molecule has 1 saturated carbocycles. The van der Waals surface area contributed by atoms with Crippen molar-refractivity contribution in [3.05, 3.63) is 22.4 Å². The SMILES string of the molecule is CN(CCc1cccs1)C1CCCC1C#N. The number of rotatable bonds is 4. The third kappa shape index (κ3) is 2.63. The largest absolute Gasteiger partial charge is 0.302 e. The smallest absolute Gasteiger partial charge is 0.0672 e. The molecule has 0 aromatic carbocycles. The van der Waals surface area contributed by atoms with Crippen molar-refractivity contribution >= 4 is 11.3 Å². The summed E-state index contributed by atoms with van der Waals surface area (Å²) in [5.74, 6) is 0.258. The predicted octanol–water partition coefficient (Wildman–Crippen LogP) is 2.91. The van der Waals surface area contributed by atoms with Gasteiger partial charge in [0.25, 0.3) is 0 Å². The maximum Gasteiger partial charge on any atom is 0.0672 e. The Hall–Kier alpha value is -0.850. The van der Waals surface area contributed by atoms with Crippen LogP contribution in [0.15, 0.2) is 17.5 Å². The van der Waals surface area contributed by atoms with Crippen LogP contribution in [0.3, 0.4) is 0 Å². The molecule has 1 fully saturated rings. The Kier molecular flexibility index (Phi) is 3.98. The lowest BCUT2D eigenvalue weighted by Crippen LogP contribution is -2.35. The van der Waals surface area contributed by atoms with E-state index in [1.807, 2.05) is 11.3 Å². The van der Waals surface area contributed by atoms with Gasteiger partial charge in [-0.05, 0) is 37.8 Å². The minimum atomic E-state index is 0.258. The molecule has 1 heterocycles. The molecule has 1 aromatic rings. The van der Waals surface area contributed by atoms with Crippen molar-refractivity contribution in [3.63, 3.8) is 0 Å². The normalized spacial score (nSPS) is 24.8. The van der Waals surface area contributed by atoms with E-state index in [9.17, 15) is 0 Å². The minimum Gasteiger partial charge on any atom is -0.302 e. The molecule has 0 aliphatic heterocycles. The molecule has 0 radical (unpaired) electrons. The molecule has 1 aliphatic carbocycles. The molecule has 0 N–H and O–H groups in total. The molecule has 0 saturated heterocycles. The molecule has 0 spiro atoms. The van der Waals surface area contributed by atoms with E-state index >= 15 is 0 Å². The lowest BCUT2D eigenvalue weighted by atomic mass is 10.0. The van der Waals surface area contributed by atoms with Crippen molar-refractivity contribution in [3.8, 4) is 6.07 Å². The van der Waals surface area contributed by atoms with Crippen LogP contribution in [0.25, 0.3) is 0 Å². The molecule has 16 heavy (non-hydrogen) atoms. The third-order valence-corrected chi connectivity index (χ3v) is 4.44. The summed E-state index contributed by atoms with van der Waals surface area (Å²) in [6.45, 7) is 1.07. The Balaban J connectivity index is 1.83. The molecule has 2 rings (SSSR count). The minimum absolute atomic E-state index is 0.258. The Morgan fingerprint density at radius 3 is 3.12 bits per heavy atom. The van der Waals surface area contributed by atoms with Crippen LogP contribution in [-0.2, 0) is 6.42 Å². The zero-order valence-corrected chi connectivity index (χ0v) is 10.5. The Bertz CT molecular complexity index is 353. The molecular weight excluding hydrogens is 216 g/mol. The first-order chi connectivity index (χ1) is 7.81. The van der Waals surface area contributed by atoms with Gasteiger partial charge in [0.1, 0.15) is 0 Å². The molecule has 1 aliphatic rings. The summed E-state index contributed by atoms with van der Waals surface area (Å²) in [7, 11) is 2.16. The van der Waals surface area contributed by atoms with E-state index in [-0.39, 0.29) is 5.92 Å². The molecule has 0 amide bonds. The summed E-state index contributed by atoms with van der Waals surface area (Å²) in [4.78, 5) is 3.82. The molecule has 1 aromatic heterocycles. The highest BCUT2D eigenvalue weighted by Crippen LogP contribution is 2.28. The highest BCUT2D eigenvalue weighted by molar-refractivity contribution is 7.09. The van der Waals surface area contributed by atoms with Gasteiger partial charge in [0.05, 0.1) is 12.0 Å². The first-order valence-electron chi connectivity index (χ1n) is 5.93. The summed E-state index contributed by atoms with van der Waals surface area (Å²) < 4.78 is 0. The van der Waals surface area contributed by atoms with Crippen molar-refractivity contribution in [2.24, 2.45) is 5.92 Å². The van der Waals surface area contributed by atoms with E-state index in [0.717, 1.165) is 19.4 Å². The van der Waals surface area contributed by atoms with Crippen LogP contribution < -0.4 is 0 Å². The quantitative estimate of drug-likeness (QED) is 0.801. The standard InChI is InChI=1S/C13H18N2S/c1-15(8-7-12-5-3-9-16-12)13-6-2-4-11(13)10-14/h3,5,9,11,13H,2,4,6-8H2,1H3. The molecule has 2 nitrogen and oxygen atoms in total. The molecule has 3 heteroatoms. The van der Waals surface area contributed by atoms with Gasteiger partial charge in [-0.15, -0.1) is 11.3 Å². The number of hydrogen-bond donors (Lipinski definition) is 0. The van der Waals surface area contributed by atoms with Crippen LogP contribution in [0.1, 0.15) is 24.1 Å². The van der Waals surface area contributed by atoms with Gasteiger partial charge >= 0.3 is 0 Å². The van der Waals surface area contributed by atoms with Crippen LogP contribution >= 0.6 is 11.3 Å². The van der Waals surface area contributed by atoms with Crippen molar-refractivity contribution < 1.29 is 0 Å². The van der Waals surface area contributed by atoms with Gasteiger partial charge in [-0.1, -0.05) is 12.5 Å². The van der Waals surface area contributed by atoms with Crippen molar-refractivity contribution in [1.29, 1.82) is 5.26 Å². The number of likely N-dealkylation sites (N-methyl/N-ethyl adjacent to an activating group) is 1. The van der Waals surface area contributed by atoms with Crippen LogP contribution in [-0.4, -0.2) is 24.5 Å². The summed E-state index contributed by atoms with van der Waals surface area (Å²) in [5, 5.41) is 11.2. The van der Waals surface area contributed by atoms with Crippen molar-refractivity contribution in [2.75, 3.05) is 13.6 Å². The van der Waals surface area contributed by atoms with E-state index < -0.39 is 0 Å². The van der Waals surface area contributed by atoms with Gasteiger partial charge in [-0.3, -0.25) is 0 Å². The fourth-order valence-corrected chi connectivity index (χ4v) is 3.22. The van der Waals surface area contributed by atoms with E-state index in [1.54, 1.807) is 0 Å². The highest BCUT2D eigenvalue weighted by atomic mass is 32.1. The van der Waals surface area contributed by atoms with Gasteiger partial charge in [-0.25, -0.2) is 0 Å². The monoisotopic (exact) mass is 234 g/mol. The van der Waals surface area contributed by atoms with Crippen LogP contribution in [0.2, 0.25) is 0 Å². The topological polar surface area (TPSA) is 27.0 Å². The number of thiophene rings is 1. The summed E-state index contributed by atoms with van der Waals surface area (Å²) >= 11 is 1.82. The maximum atomic E-state index is 9.06. The van der Waals surface area contributed by atoms with E-state index in [0.29, 0.717) is 6.04 Å². The number of hydrogen-bond acceptors (Lipinski definition) is 3. The average Bonchev–Trinajstić information content (AvgIpc) is 2.96. The lowest BCUT2D eigenvalue weighted by molar-refractivity contribution is 0.223. The van der Waals surface area contributed by atoms with Crippen molar-refractivity contribution in [2.45, 2.75) is 31.7 Å². The second-order valence-electron chi connectivity index (χ2n) is 4.54.